The van der Waals surface area contributed by atoms with Crippen LogP contribution >= 0.6 is 0 Å². The summed E-state index contributed by atoms with van der Waals surface area (Å²) in [7, 11) is 1.82. The highest BCUT2D eigenvalue weighted by Crippen LogP contribution is 2.16. The Labute approximate surface area is 60.4 Å². The van der Waals surface area contributed by atoms with E-state index in [4.69, 9.17) is 4.52 Å². The van der Waals surface area contributed by atoms with Crippen LogP contribution in [-0.4, -0.2) is 12.2 Å². The number of nitrogens with one attached hydrogen (secondary N) is 1. The van der Waals surface area contributed by atoms with Crippen LogP contribution in [0.4, 0.5) is 5.82 Å². The van der Waals surface area contributed by atoms with Crippen LogP contribution in [0.3, 0.4) is 0 Å². The number of hydrogen-bond acceptors (Lipinski definition) is 3. The molecule has 1 N–H and O–H groups in total. The van der Waals surface area contributed by atoms with Crippen molar-refractivity contribution in [2.75, 3.05) is 12.4 Å². The molecule has 1 rings (SSSR count). The monoisotopic (exact) mass is 140 g/mol. The van der Waals surface area contributed by atoms with Gasteiger partial charge in [0.25, 0.3) is 0 Å². The lowest BCUT2D eigenvalue weighted by Crippen LogP contribution is -1.85. The highest BCUT2D eigenvalue weighted by Gasteiger charge is 2.05. The molecule has 0 unspecified atom stereocenters. The van der Waals surface area contributed by atoms with Crippen molar-refractivity contribution in [3.8, 4) is 0 Å². The second-order valence-electron chi connectivity index (χ2n) is 2.52. The first kappa shape index (κ1) is 7.12. The average molecular weight is 140 g/mol. The van der Waals surface area contributed by atoms with E-state index in [1.165, 1.54) is 0 Å². The Morgan fingerprint density at radius 1 is 1.60 bits per heavy atom. The standard InChI is InChI=1S/C7H12N2O/c1-5(2)6-4-7(8-3)9-10-6/h4-5H,1-3H3,(H,8,9). The highest BCUT2D eigenvalue weighted by atomic mass is 16.5. The van der Waals surface area contributed by atoms with Gasteiger partial charge in [0.05, 0.1) is 0 Å². The van der Waals surface area contributed by atoms with E-state index in [-0.39, 0.29) is 0 Å². The molecule has 1 aromatic rings. The lowest BCUT2D eigenvalue weighted by atomic mass is 10.2. The van der Waals surface area contributed by atoms with E-state index in [9.17, 15) is 0 Å². The molecule has 0 atom stereocenters. The molecule has 10 heavy (non-hydrogen) atoms. The Morgan fingerprint density at radius 2 is 2.30 bits per heavy atom. The summed E-state index contributed by atoms with van der Waals surface area (Å²) in [6.45, 7) is 4.14. The minimum absolute atomic E-state index is 0.412. The Kier molecular flexibility index (Phi) is 1.94. The molecule has 56 valence electrons. The predicted octanol–water partition coefficient (Wildman–Crippen LogP) is 1.84. The zero-order chi connectivity index (χ0) is 7.56. The molecule has 0 aromatic carbocycles. The third-order valence-electron chi connectivity index (χ3n) is 1.35. The molecule has 0 amide bonds. The first-order valence-electron chi connectivity index (χ1n) is 3.38. The zero-order valence-electron chi connectivity index (χ0n) is 6.51. The van der Waals surface area contributed by atoms with Gasteiger partial charge < -0.3 is 9.84 Å². The Bertz CT molecular complexity index is 205. The minimum atomic E-state index is 0.412. The summed E-state index contributed by atoms with van der Waals surface area (Å²) in [6.07, 6.45) is 0. The summed E-state index contributed by atoms with van der Waals surface area (Å²) < 4.78 is 5.00. The summed E-state index contributed by atoms with van der Waals surface area (Å²) in [6, 6.07) is 1.91. The fraction of sp³-hybridized carbons (Fsp3) is 0.571. The van der Waals surface area contributed by atoms with Crippen LogP contribution in [0.25, 0.3) is 0 Å². The molecule has 0 radical (unpaired) electrons. The van der Waals surface area contributed by atoms with Crippen molar-refractivity contribution in [1.82, 2.24) is 5.16 Å². The molecule has 0 fully saturated rings. The van der Waals surface area contributed by atoms with E-state index in [0.717, 1.165) is 11.6 Å². The number of aromatic nitrogens is 1. The predicted molar refractivity (Wildman–Crippen MR) is 40.1 cm³/mol. The van der Waals surface area contributed by atoms with Gasteiger partial charge in [-0.3, -0.25) is 0 Å². The molecule has 3 nitrogen and oxygen atoms in total. The molecule has 1 heterocycles. The largest absolute Gasteiger partial charge is 0.370 e. The number of hydrogen-bond donors (Lipinski definition) is 1. The van der Waals surface area contributed by atoms with E-state index < -0.39 is 0 Å². The summed E-state index contributed by atoms with van der Waals surface area (Å²) >= 11 is 0. The Morgan fingerprint density at radius 3 is 2.60 bits per heavy atom. The zero-order valence-corrected chi connectivity index (χ0v) is 6.51. The Hall–Kier alpha value is -0.990. The average Bonchev–Trinajstić information content (AvgIpc) is 2.34. The van der Waals surface area contributed by atoms with Gasteiger partial charge in [-0.1, -0.05) is 19.0 Å². The summed E-state index contributed by atoms with van der Waals surface area (Å²) in [5.74, 6) is 2.13. The second-order valence-corrected chi connectivity index (χ2v) is 2.52. The van der Waals surface area contributed by atoms with Crippen LogP contribution in [0, 0.1) is 0 Å². The van der Waals surface area contributed by atoms with Crippen molar-refractivity contribution in [2.24, 2.45) is 0 Å². The molecule has 0 spiro atoms. The van der Waals surface area contributed by atoms with Crippen LogP contribution in [0.15, 0.2) is 10.6 Å². The molecule has 0 aliphatic heterocycles. The summed E-state index contributed by atoms with van der Waals surface area (Å²) in [5.41, 5.74) is 0. The SMILES string of the molecule is CNc1cc(C(C)C)on1. The lowest BCUT2D eigenvalue weighted by molar-refractivity contribution is 0.373. The maximum Gasteiger partial charge on any atom is 0.169 e. The van der Waals surface area contributed by atoms with E-state index in [1.807, 2.05) is 13.1 Å². The van der Waals surface area contributed by atoms with E-state index >= 15 is 0 Å². The van der Waals surface area contributed by atoms with E-state index in [0.29, 0.717) is 5.92 Å². The third-order valence-corrected chi connectivity index (χ3v) is 1.35. The van der Waals surface area contributed by atoms with Gasteiger partial charge in [0, 0.05) is 19.0 Å². The highest BCUT2D eigenvalue weighted by molar-refractivity contribution is 5.33. The molecule has 0 saturated carbocycles. The molecule has 0 saturated heterocycles. The van der Waals surface area contributed by atoms with Crippen molar-refractivity contribution in [3.05, 3.63) is 11.8 Å². The van der Waals surface area contributed by atoms with Crippen LogP contribution < -0.4 is 5.32 Å². The maximum absolute atomic E-state index is 5.00. The van der Waals surface area contributed by atoms with Gasteiger partial charge in [0.1, 0.15) is 5.76 Å². The van der Waals surface area contributed by atoms with Crippen LogP contribution in [0.5, 0.6) is 0 Å². The van der Waals surface area contributed by atoms with Gasteiger partial charge >= 0.3 is 0 Å². The first-order chi connectivity index (χ1) is 4.74. The normalized spacial score (nSPS) is 10.4. The number of anilines is 1. The van der Waals surface area contributed by atoms with Gasteiger partial charge in [-0.2, -0.15) is 0 Å². The summed E-state index contributed by atoms with van der Waals surface area (Å²) in [5, 5.41) is 6.67. The molecule has 0 aliphatic carbocycles. The maximum atomic E-state index is 5.00. The summed E-state index contributed by atoms with van der Waals surface area (Å²) in [4.78, 5) is 0. The van der Waals surface area contributed by atoms with Crippen molar-refractivity contribution in [1.29, 1.82) is 0 Å². The lowest BCUT2D eigenvalue weighted by Gasteiger charge is -1.93. The third kappa shape index (κ3) is 1.29. The van der Waals surface area contributed by atoms with Gasteiger partial charge in [-0.05, 0) is 0 Å². The smallest absolute Gasteiger partial charge is 0.169 e. The molecule has 1 aromatic heterocycles. The van der Waals surface area contributed by atoms with Crippen LogP contribution in [0.1, 0.15) is 25.5 Å². The van der Waals surface area contributed by atoms with Gasteiger partial charge in [0.15, 0.2) is 5.82 Å². The van der Waals surface area contributed by atoms with Crippen molar-refractivity contribution >= 4 is 5.82 Å². The van der Waals surface area contributed by atoms with E-state index in [1.54, 1.807) is 0 Å². The number of nitrogens with zero attached hydrogens (tertiary/aromatic N) is 1. The fourth-order valence-corrected chi connectivity index (χ4v) is 0.679. The minimum Gasteiger partial charge on any atom is -0.370 e. The van der Waals surface area contributed by atoms with Crippen molar-refractivity contribution in [2.45, 2.75) is 19.8 Å². The van der Waals surface area contributed by atoms with E-state index in [2.05, 4.69) is 24.3 Å². The topological polar surface area (TPSA) is 38.1 Å². The quantitative estimate of drug-likeness (QED) is 0.681. The van der Waals surface area contributed by atoms with Crippen LogP contribution in [0.2, 0.25) is 0 Å². The first-order valence-corrected chi connectivity index (χ1v) is 3.38. The molecular weight excluding hydrogens is 128 g/mol. The van der Waals surface area contributed by atoms with Crippen LogP contribution in [-0.2, 0) is 0 Å². The molecule has 3 heteroatoms. The van der Waals surface area contributed by atoms with Gasteiger partial charge in [-0.25, -0.2) is 0 Å². The molecular formula is C7H12N2O. The number of rotatable bonds is 2. The fourth-order valence-electron chi connectivity index (χ4n) is 0.679. The van der Waals surface area contributed by atoms with Crippen molar-refractivity contribution < 1.29 is 4.52 Å². The van der Waals surface area contributed by atoms with Crippen molar-refractivity contribution in [3.63, 3.8) is 0 Å². The molecule has 0 bridgehead atoms. The van der Waals surface area contributed by atoms with Gasteiger partial charge in [-0.15, -0.1) is 0 Å². The Balaban J connectivity index is 2.78. The van der Waals surface area contributed by atoms with Gasteiger partial charge in [0.2, 0.25) is 0 Å². The molecule has 0 aliphatic rings. The second kappa shape index (κ2) is 2.73.